The summed E-state index contributed by atoms with van der Waals surface area (Å²) < 4.78 is 36.7. The van der Waals surface area contributed by atoms with E-state index >= 15 is 0 Å². The van der Waals surface area contributed by atoms with Gasteiger partial charge in [0.05, 0.1) is 5.92 Å². The van der Waals surface area contributed by atoms with E-state index < -0.39 is 12.1 Å². The summed E-state index contributed by atoms with van der Waals surface area (Å²) in [5.41, 5.74) is 6.45. The maximum Gasteiger partial charge on any atom is 0.395 e. The van der Waals surface area contributed by atoms with Crippen LogP contribution in [0.3, 0.4) is 0 Å². The smallest absolute Gasteiger partial charge is 0.370 e. The fourth-order valence-corrected chi connectivity index (χ4v) is 4.35. The van der Waals surface area contributed by atoms with Crippen molar-refractivity contribution in [1.82, 2.24) is 4.90 Å². The number of hydrogen-bond donors (Lipinski definition) is 1. The largest absolute Gasteiger partial charge is 0.395 e. The van der Waals surface area contributed by atoms with Gasteiger partial charge in [-0.2, -0.15) is 13.2 Å². The van der Waals surface area contributed by atoms with E-state index in [1.165, 1.54) is 31.9 Å². The monoisotopic (exact) mass is 504 g/mol. The normalized spacial score (nSPS) is 20.0. The Morgan fingerprint density at radius 3 is 1.75 bits per heavy atom. The second-order valence-electron chi connectivity index (χ2n) is 9.79. The second kappa shape index (κ2) is 14.7. The number of halogens is 3. The van der Waals surface area contributed by atoms with Gasteiger partial charge in [0.25, 0.3) is 0 Å². The molecule has 7 heteroatoms. The highest BCUT2D eigenvalue weighted by Gasteiger charge is 2.37. The molecule has 0 aliphatic heterocycles. The third-order valence-corrected chi connectivity index (χ3v) is 6.86. The highest BCUT2D eigenvalue weighted by atomic mass is 19.4. The summed E-state index contributed by atoms with van der Waals surface area (Å²) in [5, 5.41) is 0. The predicted octanol–water partition coefficient (Wildman–Crippen LogP) is 6.78. The van der Waals surface area contributed by atoms with Crippen LogP contribution in [-0.4, -0.2) is 35.5 Å². The lowest BCUT2D eigenvalue weighted by Crippen LogP contribution is -2.38. The van der Waals surface area contributed by atoms with E-state index in [1.54, 1.807) is 12.1 Å². The zero-order valence-electron chi connectivity index (χ0n) is 21.3. The third kappa shape index (κ3) is 10.8. The molecule has 0 radical (unpaired) electrons. The molecule has 4 rings (SSSR count). The van der Waals surface area contributed by atoms with E-state index in [9.17, 15) is 22.8 Å². The molecule has 4 nitrogen and oxygen atoms in total. The molecule has 36 heavy (non-hydrogen) atoms. The van der Waals surface area contributed by atoms with Gasteiger partial charge in [-0.1, -0.05) is 66.2 Å². The van der Waals surface area contributed by atoms with Crippen molar-refractivity contribution in [3.63, 3.8) is 0 Å². The molecule has 0 bridgehead atoms. The van der Waals surface area contributed by atoms with E-state index in [1.807, 2.05) is 48.2 Å². The van der Waals surface area contributed by atoms with Gasteiger partial charge in [0, 0.05) is 18.5 Å². The van der Waals surface area contributed by atoms with Crippen LogP contribution in [0.2, 0.25) is 0 Å². The van der Waals surface area contributed by atoms with Crippen LogP contribution >= 0.6 is 0 Å². The molecule has 2 amide bonds. The predicted molar refractivity (Wildman–Crippen MR) is 137 cm³/mol. The Morgan fingerprint density at radius 2 is 1.39 bits per heavy atom. The number of alkyl halides is 3. The molecule has 198 valence electrons. The van der Waals surface area contributed by atoms with E-state index in [0.29, 0.717) is 30.0 Å². The number of rotatable bonds is 7. The summed E-state index contributed by atoms with van der Waals surface area (Å²) >= 11 is 0. The summed E-state index contributed by atoms with van der Waals surface area (Å²) in [6.45, 7) is 3.02. The Kier molecular flexibility index (Phi) is 12.0. The molecule has 2 N–H and O–H groups in total. The minimum Gasteiger partial charge on any atom is -0.370 e. The van der Waals surface area contributed by atoms with Gasteiger partial charge in [-0.3, -0.25) is 9.59 Å². The van der Waals surface area contributed by atoms with Crippen molar-refractivity contribution in [3.05, 3.63) is 71.8 Å². The maximum absolute atomic E-state index is 12.2. The number of hydrogen-bond acceptors (Lipinski definition) is 2. The Labute approximate surface area is 213 Å². The Balaban J connectivity index is 0.000000211. The van der Waals surface area contributed by atoms with Crippen molar-refractivity contribution in [2.75, 3.05) is 0 Å². The van der Waals surface area contributed by atoms with Gasteiger partial charge in [-0.25, -0.2) is 0 Å². The van der Waals surface area contributed by atoms with Crippen LogP contribution in [0.15, 0.2) is 60.7 Å². The second-order valence-corrected chi connectivity index (χ2v) is 9.79. The minimum absolute atomic E-state index is 0.195. The van der Waals surface area contributed by atoms with Crippen molar-refractivity contribution in [2.24, 2.45) is 11.7 Å². The first-order valence-corrected chi connectivity index (χ1v) is 12.8. The lowest BCUT2D eigenvalue weighted by Gasteiger charge is -2.34. The van der Waals surface area contributed by atoms with Gasteiger partial charge >= 0.3 is 6.18 Å². The maximum atomic E-state index is 12.2. The summed E-state index contributed by atoms with van der Waals surface area (Å²) in [4.78, 5) is 23.8. The Bertz CT molecular complexity index is 864. The average molecular weight is 505 g/mol. The Hall–Kier alpha value is -2.83. The molecule has 2 saturated carbocycles. The molecule has 0 heterocycles. The number of aryl methyl sites for hydroxylation is 1. The van der Waals surface area contributed by atoms with Crippen molar-refractivity contribution in [1.29, 1.82) is 0 Å². The van der Waals surface area contributed by atoms with Gasteiger partial charge in [0.15, 0.2) is 0 Å². The molecule has 0 unspecified atom stereocenters. The first kappa shape index (κ1) is 29.4. The number of carbonyl (C=O) groups excluding carboxylic acids is 2. The van der Waals surface area contributed by atoms with E-state index in [-0.39, 0.29) is 5.91 Å². The molecule has 0 spiro atoms. The average Bonchev–Trinajstić information content (AvgIpc) is 3.71. The standard InChI is InChI=1S/C13H22N2O2.C10H11F3.C6H6/c14-13(17)8-3-10-1-4-11(5-2-10)15(9-16)12-6-7-12;1-7-3-5-9(6-4-7)8(2)10(11,12)13;1-2-4-6-5-3-1/h9-12H,1-8H2,(H2,14,17);3-6,8H,1-2H3;1-6H/t;8-;/m.1./s1. The fourth-order valence-electron chi connectivity index (χ4n) is 4.35. The number of primary amides is 1. The molecule has 2 aliphatic carbocycles. The van der Waals surface area contributed by atoms with Crippen LogP contribution in [-0.2, 0) is 9.59 Å². The molecule has 1 atom stereocenters. The first-order chi connectivity index (χ1) is 17.1. The van der Waals surface area contributed by atoms with Gasteiger partial charge in [0.2, 0.25) is 12.3 Å². The van der Waals surface area contributed by atoms with Crippen molar-refractivity contribution < 1.29 is 22.8 Å². The summed E-state index contributed by atoms with van der Waals surface area (Å²) in [6, 6.07) is 19.4. The highest BCUT2D eigenvalue weighted by molar-refractivity contribution is 5.73. The van der Waals surface area contributed by atoms with Gasteiger partial charge in [-0.05, 0) is 70.3 Å². The molecular weight excluding hydrogens is 465 g/mol. The number of carbonyl (C=O) groups is 2. The van der Waals surface area contributed by atoms with Gasteiger partial charge < -0.3 is 10.6 Å². The van der Waals surface area contributed by atoms with Crippen molar-refractivity contribution in [3.8, 4) is 0 Å². The minimum atomic E-state index is -4.14. The lowest BCUT2D eigenvalue weighted by molar-refractivity contribution is -0.146. The number of amides is 2. The van der Waals surface area contributed by atoms with Crippen LogP contribution < -0.4 is 5.73 Å². The van der Waals surface area contributed by atoms with E-state index in [2.05, 4.69) is 0 Å². The zero-order chi connectivity index (χ0) is 26.6. The molecule has 2 aromatic carbocycles. The zero-order valence-corrected chi connectivity index (χ0v) is 21.3. The summed E-state index contributed by atoms with van der Waals surface area (Å²) in [6.07, 6.45) is 5.14. The quantitative estimate of drug-likeness (QED) is 0.423. The molecule has 2 aliphatic rings. The van der Waals surface area contributed by atoms with Crippen LogP contribution in [0.5, 0.6) is 0 Å². The lowest BCUT2D eigenvalue weighted by atomic mass is 9.83. The molecule has 2 aromatic rings. The molecular formula is C29H39F3N2O2. The Morgan fingerprint density at radius 1 is 0.944 bits per heavy atom. The van der Waals surface area contributed by atoms with Crippen LogP contribution in [0.1, 0.15) is 75.3 Å². The van der Waals surface area contributed by atoms with Crippen LogP contribution in [0.4, 0.5) is 13.2 Å². The first-order valence-electron chi connectivity index (χ1n) is 12.8. The highest BCUT2D eigenvalue weighted by Crippen LogP contribution is 2.36. The van der Waals surface area contributed by atoms with Crippen LogP contribution in [0, 0.1) is 12.8 Å². The summed E-state index contributed by atoms with van der Waals surface area (Å²) in [5.74, 6) is -0.945. The number of nitrogens with zero attached hydrogens (tertiary/aromatic N) is 1. The van der Waals surface area contributed by atoms with E-state index in [0.717, 1.165) is 44.1 Å². The van der Waals surface area contributed by atoms with Crippen molar-refractivity contribution in [2.45, 2.75) is 89.4 Å². The molecule has 0 aromatic heterocycles. The SMILES string of the molecule is Cc1ccc([C@@H](C)C(F)(F)F)cc1.NC(=O)CCC1CCC(N(C=O)C2CC2)CC1.c1ccccc1. The topological polar surface area (TPSA) is 63.4 Å². The summed E-state index contributed by atoms with van der Waals surface area (Å²) in [7, 11) is 0. The molecule has 0 saturated heterocycles. The molecule has 2 fully saturated rings. The van der Waals surface area contributed by atoms with Gasteiger partial charge in [-0.15, -0.1) is 0 Å². The van der Waals surface area contributed by atoms with Gasteiger partial charge in [0.1, 0.15) is 0 Å². The fraction of sp³-hybridized carbons (Fsp3) is 0.517. The van der Waals surface area contributed by atoms with E-state index in [4.69, 9.17) is 5.73 Å². The van der Waals surface area contributed by atoms with Crippen LogP contribution in [0.25, 0.3) is 0 Å². The number of nitrogens with two attached hydrogens (primary N) is 1. The van der Waals surface area contributed by atoms with Crippen molar-refractivity contribution >= 4 is 12.3 Å². The number of benzene rings is 2. The third-order valence-electron chi connectivity index (χ3n) is 6.86.